The predicted octanol–water partition coefficient (Wildman–Crippen LogP) is 4.34. The molecule has 124 valence electrons. The number of nitrogens with one attached hydrogen (secondary N) is 1. The van der Waals surface area contributed by atoms with Gasteiger partial charge in [0.15, 0.2) is 0 Å². The number of H-pyrrole nitrogens is 1. The van der Waals surface area contributed by atoms with Crippen molar-refractivity contribution in [1.29, 1.82) is 0 Å². The van der Waals surface area contributed by atoms with E-state index in [0.29, 0.717) is 22.6 Å². The molecule has 4 nitrogen and oxygen atoms in total. The van der Waals surface area contributed by atoms with Crippen molar-refractivity contribution in [2.24, 2.45) is 0 Å². The Balaban J connectivity index is 1.86. The minimum absolute atomic E-state index is 0.132. The third kappa shape index (κ3) is 2.65. The minimum atomic E-state index is -0.292. The summed E-state index contributed by atoms with van der Waals surface area (Å²) in [6.07, 6.45) is 2.88. The molecule has 3 heterocycles. The monoisotopic (exact) mass is 344 g/mol. The van der Waals surface area contributed by atoms with Crippen LogP contribution in [0.1, 0.15) is 36.1 Å². The fraction of sp³-hybridized carbons (Fsp3) is 0.333. The minimum Gasteiger partial charge on any atom is -0.370 e. The van der Waals surface area contributed by atoms with Crippen LogP contribution in [0, 0.1) is 12.7 Å². The average molecular weight is 344 g/mol. The highest BCUT2D eigenvalue weighted by molar-refractivity contribution is 7.19. The van der Waals surface area contributed by atoms with Gasteiger partial charge in [-0.1, -0.05) is 12.1 Å². The summed E-state index contributed by atoms with van der Waals surface area (Å²) < 4.78 is 18.9. The van der Waals surface area contributed by atoms with E-state index in [2.05, 4.69) is 9.97 Å². The van der Waals surface area contributed by atoms with E-state index in [1.54, 1.807) is 12.1 Å². The lowest BCUT2D eigenvalue weighted by Gasteiger charge is -2.21. The van der Waals surface area contributed by atoms with Gasteiger partial charge in [-0.2, -0.15) is 0 Å². The number of thiophene rings is 1. The number of hydrogen-bond acceptors (Lipinski definition) is 4. The van der Waals surface area contributed by atoms with Crippen molar-refractivity contribution >= 4 is 21.6 Å². The average Bonchev–Trinajstić information content (AvgIpc) is 2.93. The molecule has 1 aliphatic rings. The molecule has 0 radical (unpaired) electrons. The molecule has 1 atom stereocenters. The maximum Gasteiger partial charge on any atom is 0.260 e. The van der Waals surface area contributed by atoms with Crippen molar-refractivity contribution in [2.75, 3.05) is 6.61 Å². The number of benzene rings is 1. The number of nitrogens with zero attached hydrogens (tertiary/aromatic N) is 1. The van der Waals surface area contributed by atoms with Crippen molar-refractivity contribution in [3.63, 3.8) is 0 Å². The molecule has 2 aromatic heterocycles. The van der Waals surface area contributed by atoms with Crippen LogP contribution in [0.2, 0.25) is 0 Å². The van der Waals surface area contributed by atoms with E-state index >= 15 is 0 Å². The number of aromatic nitrogens is 2. The molecular formula is C18H17FN2O2S. The highest BCUT2D eigenvalue weighted by Crippen LogP contribution is 2.36. The van der Waals surface area contributed by atoms with E-state index in [1.165, 1.54) is 23.5 Å². The van der Waals surface area contributed by atoms with Crippen LogP contribution in [-0.2, 0) is 4.74 Å². The number of rotatable bonds is 2. The highest BCUT2D eigenvalue weighted by Gasteiger charge is 2.22. The predicted molar refractivity (Wildman–Crippen MR) is 92.9 cm³/mol. The van der Waals surface area contributed by atoms with Gasteiger partial charge in [0.25, 0.3) is 5.56 Å². The maximum atomic E-state index is 13.2. The molecule has 1 unspecified atom stereocenters. The maximum absolute atomic E-state index is 13.2. The van der Waals surface area contributed by atoms with Gasteiger partial charge in [0, 0.05) is 17.0 Å². The summed E-state index contributed by atoms with van der Waals surface area (Å²) in [5.41, 5.74) is 1.50. The summed E-state index contributed by atoms with van der Waals surface area (Å²) in [4.78, 5) is 21.9. The summed E-state index contributed by atoms with van der Waals surface area (Å²) in [5, 5.41) is 0.573. The van der Waals surface area contributed by atoms with Gasteiger partial charge in [-0.3, -0.25) is 4.79 Å². The van der Waals surface area contributed by atoms with Gasteiger partial charge in [0.05, 0.1) is 5.39 Å². The first-order valence-corrected chi connectivity index (χ1v) is 8.86. The van der Waals surface area contributed by atoms with Crippen LogP contribution < -0.4 is 5.56 Å². The van der Waals surface area contributed by atoms with Gasteiger partial charge < -0.3 is 9.72 Å². The van der Waals surface area contributed by atoms with E-state index < -0.39 is 0 Å². The largest absolute Gasteiger partial charge is 0.370 e. The van der Waals surface area contributed by atoms with Crippen LogP contribution in [0.3, 0.4) is 0 Å². The zero-order chi connectivity index (χ0) is 16.7. The van der Waals surface area contributed by atoms with E-state index in [0.717, 1.165) is 35.3 Å². The normalized spacial score (nSPS) is 18.2. The Morgan fingerprint density at radius 3 is 2.79 bits per heavy atom. The van der Waals surface area contributed by atoms with E-state index in [1.807, 2.05) is 6.92 Å². The van der Waals surface area contributed by atoms with Crippen LogP contribution in [0.5, 0.6) is 0 Å². The lowest BCUT2D eigenvalue weighted by molar-refractivity contribution is 0.00955. The molecule has 1 fully saturated rings. The number of ether oxygens (including phenoxy) is 1. The molecule has 0 spiro atoms. The van der Waals surface area contributed by atoms with Crippen LogP contribution >= 0.6 is 11.3 Å². The Morgan fingerprint density at radius 2 is 2.08 bits per heavy atom. The molecular weight excluding hydrogens is 327 g/mol. The summed E-state index contributed by atoms with van der Waals surface area (Å²) in [6, 6.07) is 6.21. The zero-order valence-corrected chi connectivity index (χ0v) is 14.1. The van der Waals surface area contributed by atoms with E-state index in [-0.39, 0.29) is 17.5 Å². The number of fused-ring (bicyclic) bond motifs is 1. The van der Waals surface area contributed by atoms with Crippen molar-refractivity contribution in [1.82, 2.24) is 9.97 Å². The lowest BCUT2D eigenvalue weighted by Crippen LogP contribution is -2.19. The number of halogens is 1. The SMILES string of the molecule is Cc1sc2nc(C3CCCCO3)[nH]c(=O)c2c1-c1ccc(F)cc1. The number of aryl methyl sites for hydroxylation is 1. The topological polar surface area (TPSA) is 55.0 Å². The zero-order valence-electron chi connectivity index (χ0n) is 13.3. The molecule has 3 aromatic rings. The smallest absolute Gasteiger partial charge is 0.260 e. The molecule has 1 aromatic carbocycles. The molecule has 0 saturated carbocycles. The Kier molecular flexibility index (Phi) is 3.94. The van der Waals surface area contributed by atoms with E-state index in [9.17, 15) is 9.18 Å². The first-order valence-electron chi connectivity index (χ1n) is 8.04. The lowest BCUT2D eigenvalue weighted by atomic mass is 10.0. The molecule has 24 heavy (non-hydrogen) atoms. The number of aromatic amines is 1. The van der Waals surface area contributed by atoms with Crippen LogP contribution in [-0.4, -0.2) is 16.6 Å². The molecule has 1 saturated heterocycles. The van der Waals surface area contributed by atoms with E-state index in [4.69, 9.17) is 4.74 Å². The van der Waals surface area contributed by atoms with Crippen molar-refractivity contribution in [2.45, 2.75) is 32.3 Å². The van der Waals surface area contributed by atoms with Crippen LogP contribution in [0.15, 0.2) is 29.1 Å². The molecule has 1 aliphatic heterocycles. The van der Waals surface area contributed by atoms with Gasteiger partial charge in [-0.25, -0.2) is 9.37 Å². The quantitative estimate of drug-likeness (QED) is 0.752. The fourth-order valence-corrected chi connectivity index (χ4v) is 4.26. The molecule has 1 N–H and O–H groups in total. The van der Waals surface area contributed by atoms with Gasteiger partial charge >= 0.3 is 0 Å². The van der Waals surface area contributed by atoms with Crippen molar-refractivity contribution < 1.29 is 9.13 Å². The second kappa shape index (κ2) is 6.11. The molecule has 4 rings (SSSR count). The third-order valence-corrected chi connectivity index (χ3v) is 5.37. The Hall–Kier alpha value is -2.05. The summed E-state index contributed by atoms with van der Waals surface area (Å²) in [5.74, 6) is 0.318. The molecule has 0 amide bonds. The molecule has 0 aliphatic carbocycles. The number of hydrogen-bond donors (Lipinski definition) is 1. The van der Waals surface area contributed by atoms with Crippen molar-refractivity contribution in [3.05, 3.63) is 51.1 Å². The first-order chi connectivity index (χ1) is 11.6. The molecule has 6 heteroatoms. The van der Waals surface area contributed by atoms with Gasteiger partial charge in [-0.05, 0) is 43.9 Å². The van der Waals surface area contributed by atoms with Crippen LogP contribution in [0.25, 0.3) is 21.3 Å². The summed E-state index contributed by atoms with van der Waals surface area (Å²) in [6.45, 7) is 2.66. The Labute approximate surface area is 142 Å². The second-order valence-corrected chi connectivity index (χ2v) is 7.23. The second-order valence-electron chi connectivity index (χ2n) is 6.03. The van der Waals surface area contributed by atoms with Gasteiger partial charge in [0.2, 0.25) is 0 Å². The summed E-state index contributed by atoms with van der Waals surface area (Å²) in [7, 11) is 0. The molecule has 0 bridgehead atoms. The first kappa shape index (κ1) is 15.5. The fourth-order valence-electron chi connectivity index (χ4n) is 3.21. The van der Waals surface area contributed by atoms with Gasteiger partial charge in [-0.15, -0.1) is 11.3 Å². The summed E-state index contributed by atoms with van der Waals surface area (Å²) >= 11 is 1.49. The van der Waals surface area contributed by atoms with Crippen molar-refractivity contribution in [3.8, 4) is 11.1 Å². The Bertz CT molecular complexity index is 940. The standard InChI is InChI=1S/C18H17FN2O2S/c1-10-14(11-5-7-12(19)8-6-11)15-17(22)20-16(21-18(15)24-10)13-4-2-3-9-23-13/h5-8,13H,2-4,9H2,1H3,(H,20,21,22). The third-order valence-electron chi connectivity index (χ3n) is 4.37. The highest BCUT2D eigenvalue weighted by atomic mass is 32.1. The van der Waals surface area contributed by atoms with Gasteiger partial charge in [0.1, 0.15) is 22.6 Å². The Morgan fingerprint density at radius 1 is 1.29 bits per heavy atom. The van der Waals surface area contributed by atoms with Crippen LogP contribution in [0.4, 0.5) is 4.39 Å².